The minimum Gasteiger partial charge on any atom is -0.329 e. The topological polar surface area (TPSA) is 50.7 Å². The Balaban J connectivity index is 2.33. The molecule has 0 amide bonds. The molecule has 0 radical (unpaired) electrons. The first kappa shape index (κ1) is 12.0. The molecule has 0 saturated heterocycles. The van der Waals surface area contributed by atoms with E-state index in [1.807, 2.05) is 0 Å². The number of nitrogens with one attached hydrogen (secondary N) is 1. The Hall–Kier alpha value is -1.49. The fourth-order valence-electron chi connectivity index (χ4n) is 1.52. The van der Waals surface area contributed by atoms with Crippen LogP contribution in [0.15, 0.2) is 18.2 Å². The maximum Gasteiger partial charge on any atom is 0.229 e. The van der Waals surface area contributed by atoms with Gasteiger partial charge in [0, 0.05) is 17.2 Å². The summed E-state index contributed by atoms with van der Waals surface area (Å²) in [5.74, 6) is 0. The second-order valence-electron chi connectivity index (χ2n) is 5.07. The van der Waals surface area contributed by atoms with Crippen molar-refractivity contribution in [2.45, 2.75) is 33.1 Å². The van der Waals surface area contributed by atoms with Crippen LogP contribution in [0.3, 0.4) is 0 Å². The second-order valence-corrected chi connectivity index (χ2v) is 5.80. The van der Waals surface area contributed by atoms with Crippen molar-refractivity contribution in [3.05, 3.63) is 29.3 Å². The molecule has 0 bridgehead atoms. The summed E-state index contributed by atoms with van der Waals surface area (Å²) in [4.78, 5) is 0. The highest BCUT2D eigenvalue weighted by Crippen LogP contribution is 2.28. The van der Waals surface area contributed by atoms with Crippen LogP contribution in [0.4, 0.5) is 10.8 Å². The van der Waals surface area contributed by atoms with E-state index in [0.717, 1.165) is 10.8 Å². The molecule has 1 aromatic heterocycles. The highest BCUT2D eigenvalue weighted by atomic mass is 32.1. The standard InChI is InChI=1S/C12H16N4S/c1-8-5-6-9(12(2,3)4)7-10(8)13-11-14-15-16-17-11/h5-7H,1-4H3,(H,13,14,16). The SMILES string of the molecule is Cc1ccc(C(C)(C)C)cc1Nc1nnns1. The van der Waals surface area contributed by atoms with Gasteiger partial charge in [-0.05, 0) is 34.7 Å². The molecule has 0 unspecified atom stereocenters. The molecule has 4 nitrogen and oxygen atoms in total. The molecule has 5 heteroatoms. The normalized spacial score (nSPS) is 11.5. The zero-order chi connectivity index (χ0) is 12.5. The van der Waals surface area contributed by atoms with Crippen LogP contribution in [-0.4, -0.2) is 14.8 Å². The van der Waals surface area contributed by atoms with Crippen molar-refractivity contribution in [1.82, 2.24) is 14.8 Å². The summed E-state index contributed by atoms with van der Waals surface area (Å²) in [6.07, 6.45) is 0. The Labute approximate surface area is 105 Å². The summed E-state index contributed by atoms with van der Waals surface area (Å²) in [7, 11) is 0. The Morgan fingerprint density at radius 3 is 2.59 bits per heavy atom. The van der Waals surface area contributed by atoms with E-state index in [1.165, 1.54) is 22.7 Å². The van der Waals surface area contributed by atoms with Crippen molar-refractivity contribution in [2.75, 3.05) is 5.32 Å². The molecule has 1 heterocycles. The van der Waals surface area contributed by atoms with E-state index >= 15 is 0 Å². The number of aryl methyl sites for hydroxylation is 1. The number of nitrogens with zero attached hydrogens (tertiary/aromatic N) is 3. The maximum absolute atomic E-state index is 3.89. The minimum absolute atomic E-state index is 0.142. The first-order chi connectivity index (χ1) is 7.97. The fraction of sp³-hybridized carbons (Fsp3) is 0.417. The van der Waals surface area contributed by atoms with Gasteiger partial charge in [0.1, 0.15) is 0 Å². The Bertz CT molecular complexity index is 500. The van der Waals surface area contributed by atoms with Gasteiger partial charge in [0.15, 0.2) is 0 Å². The lowest BCUT2D eigenvalue weighted by Gasteiger charge is -2.20. The molecule has 0 aliphatic heterocycles. The smallest absolute Gasteiger partial charge is 0.229 e. The van der Waals surface area contributed by atoms with Crippen molar-refractivity contribution < 1.29 is 0 Å². The first-order valence-corrected chi connectivity index (χ1v) is 6.27. The number of hydrogen-bond donors (Lipinski definition) is 1. The monoisotopic (exact) mass is 248 g/mol. The van der Waals surface area contributed by atoms with E-state index in [1.54, 1.807) is 0 Å². The minimum atomic E-state index is 0.142. The van der Waals surface area contributed by atoms with Crippen molar-refractivity contribution in [2.24, 2.45) is 0 Å². The average Bonchev–Trinajstić information content (AvgIpc) is 2.72. The molecule has 1 aromatic carbocycles. The highest BCUT2D eigenvalue weighted by molar-refractivity contribution is 7.09. The molecular weight excluding hydrogens is 232 g/mol. The van der Waals surface area contributed by atoms with Gasteiger partial charge >= 0.3 is 0 Å². The molecule has 0 aliphatic carbocycles. The number of anilines is 2. The maximum atomic E-state index is 3.89. The molecule has 0 atom stereocenters. The molecule has 2 rings (SSSR count). The second kappa shape index (κ2) is 4.41. The van der Waals surface area contributed by atoms with Crippen LogP contribution in [0.5, 0.6) is 0 Å². The van der Waals surface area contributed by atoms with Crippen LogP contribution in [0.1, 0.15) is 31.9 Å². The van der Waals surface area contributed by atoms with Gasteiger partial charge < -0.3 is 5.32 Å². The molecule has 17 heavy (non-hydrogen) atoms. The Kier molecular flexibility index (Phi) is 3.11. The van der Waals surface area contributed by atoms with Crippen molar-refractivity contribution in [3.63, 3.8) is 0 Å². The predicted octanol–water partition coefficient (Wildman–Crippen LogP) is 3.28. The molecule has 1 N–H and O–H groups in total. The highest BCUT2D eigenvalue weighted by Gasteiger charge is 2.15. The van der Waals surface area contributed by atoms with Gasteiger partial charge in [0.2, 0.25) is 5.13 Å². The van der Waals surface area contributed by atoms with Gasteiger partial charge in [0.25, 0.3) is 0 Å². The van der Waals surface area contributed by atoms with Crippen LogP contribution in [0.2, 0.25) is 0 Å². The molecule has 90 valence electrons. The summed E-state index contributed by atoms with van der Waals surface area (Å²) in [6, 6.07) is 6.45. The Morgan fingerprint density at radius 1 is 1.24 bits per heavy atom. The van der Waals surface area contributed by atoms with Gasteiger partial charge in [-0.2, -0.15) is 0 Å². The quantitative estimate of drug-likeness (QED) is 0.886. The van der Waals surface area contributed by atoms with Crippen LogP contribution in [-0.2, 0) is 5.41 Å². The van der Waals surface area contributed by atoms with E-state index < -0.39 is 0 Å². The van der Waals surface area contributed by atoms with Crippen molar-refractivity contribution >= 4 is 22.4 Å². The lowest BCUT2D eigenvalue weighted by atomic mass is 9.86. The number of rotatable bonds is 2. The van der Waals surface area contributed by atoms with Crippen molar-refractivity contribution in [3.8, 4) is 0 Å². The van der Waals surface area contributed by atoms with E-state index in [0.29, 0.717) is 0 Å². The van der Waals surface area contributed by atoms with E-state index in [-0.39, 0.29) is 5.41 Å². The third kappa shape index (κ3) is 2.79. The molecule has 0 saturated carbocycles. The summed E-state index contributed by atoms with van der Waals surface area (Å²) in [6.45, 7) is 8.68. The molecule has 2 aromatic rings. The van der Waals surface area contributed by atoms with Gasteiger partial charge in [0.05, 0.1) is 0 Å². The third-order valence-corrected chi connectivity index (χ3v) is 3.16. The Morgan fingerprint density at radius 2 is 2.00 bits per heavy atom. The van der Waals surface area contributed by atoms with Crippen LogP contribution in [0, 0.1) is 6.92 Å². The van der Waals surface area contributed by atoms with E-state index in [2.05, 4.69) is 66.0 Å². The molecule has 0 fully saturated rings. The fourth-order valence-corrected chi connectivity index (χ4v) is 1.90. The van der Waals surface area contributed by atoms with Crippen LogP contribution < -0.4 is 5.32 Å². The lowest BCUT2D eigenvalue weighted by molar-refractivity contribution is 0.590. The van der Waals surface area contributed by atoms with Crippen LogP contribution in [0.25, 0.3) is 0 Å². The zero-order valence-electron chi connectivity index (χ0n) is 10.5. The summed E-state index contributed by atoms with van der Waals surface area (Å²) < 4.78 is 3.74. The molecular formula is C12H16N4S. The predicted molar refractivity (Wildman–Crippen MR) is 70.9 cm³/mol. The van der Waals surface area contributed by atoms with Gasteiger partial charge in [-0.1, -0.05) is 42.5 Å². The average molecular weight is 248 g/mol. The van der Waals surface area contributed by atoms with Gasteiger partial charge in [-0.25, -0.2) is 0 Å². The zero-order valence-corrected chi connectivity index (χ0v) is 11.3. The third-order valence-electron chi connectivity index (χ3n) is 2.64. The van der Waals surface area contributed by atoms with Gasteiger partial charge in [-0.15, -0.1) is 0 Å². The molecule has 0 aliphatic rings. The largest absolute Gasteiger partial charge is 0.329 e. The number of benzene rings is 1. The summed E-state index contributed by atoms with van der Waals surface area (Å²) >= 11 is 1.26. The summed E-state index contributed by atoms with van der Waals surface area (Å²) in [5, 5.41) is 11.4. The van der Waals surface area contributed by atoms with E-state index in [4.69, 9.17) is 0 Å². The number of hydrogen-bond acceptors (Lipinski definition) is 5. The first-order valence-electron chi connectivity index (χ1n) is 5.50. The summed E-state index contributed by atoms with van der Waals surface area (Å²) in [5.41, 5.74) is 3.69. The number of aromatic nitrogens is 3. The van der Waals surface area contributed by atoms with E-state index in [9.17, 15) is 0 Å². The molecule has 0 spiro atoms. The lowest BCUT2D eigenvalue weighted by Crippen LogP contribution is -2.11. The van der Waals surface area contributed by atoms with Gasteiger partial charge in [-0.3, -0.25) is 0 Å². The van der Waals surface area contributed by atoms with Crippen molar-refractivity contribution in [1.29, 1.82) is 0 Å². The van der Waals surface area contributed by atoms with Crippen LogP contribution >= 0.6 is 11.5 Å².